The summed E-state index contributed by atoms with van der Waals surface area (Å²) in [4.78, 5) is 20.4. The fraction of sp³-hybridized carbons (Fsp3) is 0.448. The summed E-state index contributed by atoms with van der Waals surface area (Å²) < 4.78 is 0. The lowest BCUT2D eigenvalue weighted by Gasteiger charge is -2.31. The number of aryl methyl sites for hydroxylation is 1. The second-order valence-electron chi connectivity index (χ2n) is 10.4. The molecule has 4 nitrogen and oxygen atoms in total. The van der Waals surface area contributed by atoms with Gasteiger partial charge >= 0.3 is 0 Å². The lowest BCUT2D eigenvalue weighted by atomic mass is 9.84. The van der Waals surface area contributed by atoms with E-state index in [4.69, 9.17) is 11.6 Å². The molecule has 2 fully saturated rings. The number of rotatable bonds is 5. The van der Waals surface area contributed by atoms with Crippen molar-refractivity contribution in [1.29, 1.82) is 0 Å². The van der Waals surface area contributed by atoms with Gasteiger partial charge in [0.2, 0.25) is 0 Å². The Labute approximate surface area is 206 Å². The molecule has 1 N–H and O–H groups in total. The number of benzene rings is 2. The zero-order valence-corrected chi connectivity index (χ0v) is 20.5. The Morgan fingerprint density at radius 3 is 2.38 bits per heavy atom. The summed E-state index contributed by atoms with van der Waals surface area (Å²) in [6.07, 6.45) is 8.42. The molecule has 34 heavy (non-hydrogen) atoms. The summed E-state index contributed by atoms with van der Waals surface area (Å²) in [5, 5.41) is 4.71. The van der Waals surface area contributed by atoms with Gasteiger partial charge < -0.3 is 5.32 Å². The third-order valence-corrected chi connectivity index (χ3v) is 8.70. The average molecular weight is 474 g/mol. The van der Waals surface area contributed by atoms with E-state index in [9.17, 15) is 4.79 Å². The highest BCUT2D eigenvalue weighted by atomic mass is 35.5. The quantitative estimate of drug-likeness (QED) is 0.444. The fourth-order valence-electron chi connectivity index (χ4n) is 6.63. The Morgan fingerprint density at radius 2 is 1.68 bits per heavy atom. The van der Waals surface area contributed by atoms with Crippen molar-refractivity contribution in [3.05, 3.63) is 75.9 Å². The van der Waals surface area contributed by atoms with Gasteiger partial charge in [-0.05, 0) is 93.7 Å². The van der Waals surface area contributed by atoms with E-state index in [1.165, 1.54) is 38.6 Å². The number of nitrogens with zero attached hydrogens (tertiary/aromatic N) is 2. The smallest absolute Gasteiger partial charge is 0.252 e. The van der Waals surface area contributed by atoms with Gasteiger partial charge in [-0.15, -0.1) is 0 Å². The maximum atomic E-state index is 13.1. The van der Waals surface area contributed by atoms with Crippen LogP contribution in [-0.4, -0.2) is 28.4 Å². The number of nitrogens with one attached hydrogen (secondary N) is 1. The van der Waals surface area contributed by atoms with Crippen LogP contribution in [0.2, 0.25) is 5.02 Å². The minimum atomic E-state index is -0.0119. The molecule has 2 unspecified atom stereocenters. The number of hydrogen-bond donors (Lipinski definition) is 1. The number of pyridine rings is 1. The number of hydrogen-bond acceptors (Lipinski definition) is 3. The third kappa shape index (κ3) is 3.91. The summed E-state index contributed by atoms with van der Waals surface area (Å²) in [5.41, 5.74) is 5.42. The van der Waals surface area contributed by atoms with Crippen molar-refractivity contribution in [3.8, 4) is 0 Å². The zero-order valence-electron chi connectivity index (χ0n) is 19.8. The molecule has 2 aromatic carbocycles. The van der Waals surface area contributed by atoms with Crippen LogP contribution in [0.1, 0.15) is 84.2 Å². The van der Waals surface area contributed by atoms with Gasteiger partial charge in [-0.2, -0.15) is 0 Å². The number of carbonyl (C=O) groups is 1. The van der Waals surface area contributed by atoms with Crippen molar-refractivity contribution < 1.29 is 4.79 Å². The first kappa shape index (κ1) is 22.1. The number of fused-ring (bicyclic) bond motifs is 6. The number of aromatic nitrogens is 1. The molecule has 1 saturated heterocycles. The van der Waals surface area contributed by atoms with Crippen molar-refractivity contribution in [2.45, 2.75) is 70.0 Å². The Morgan fingerprint density at radius 1 is 0.971 bits per heavy atom. The first-order valence-corrected chi connectivity index (χ1v) is 13.2. The summed E-state index contributed by atoms with van der Waals surface area (Å²) in [6, 6.07) is 18.1. The van der Waals surface area contributed by atoms with E-state index in [1.54, 1.807) is 17.2 Å². The van der Waals surface area contributed by atoms with Crippen molar-refractivity contribution in [1.82, 2.24) is 15.2 Å². The van der Waals surface area contributed by atoms with Crippen molar-refractivity contribution >= 4 is 28.4 Å². The summed E-state index contributed by atoms with van der Waals surface area (Å²) in [6.45, 7) is 3.14. The first-order chi connectivity index (χ1) is 16.6. The molecular weight excluding hydrogens is 442 g/mol. The molecule has 1 aromatic heterocycles. The second kappa shape index (κ2) is 8.98. The van der Waals surface area contributed by atoms with E-state index in [0.29, 0.717) is 28.2 Å². The molecule has 2 atom stereocenters. The average Bonchev–Trinajstić information content (AvgIpc) is 3.40. The minimum absolute atomic E-state index is 0.0119. The number of carbonyl (C=O) groups excluding carboxylic acids is 1. The molecule has 0 spiro atoms. The van der Waals surface area contributed by atoms with E-state index < -0.39 is 0 Å². The molecule has 2 bridgehead atoms. The third-order valence-electron chi connectivity index (χ3n) is 8.40. The van der Waals surface area contributed by atoms with Crippen molar-refractivity contribution in [2.75, 3.05) is 6.54 Å². The maximum Gasteiger partial charge on any atom is 0.252 e. The summed E-state index contributed by atoms with van der Waals surface area (Å²) in [5.74, 6) is 0.752. The van der Waals surface area contributed by atoms with Crippen LogP contribution in [-0.2, 0) is 0 Å². The van der Waals surface area contributed by atoms with Crippen LogP contribution in [0.3, 0.4) is 0 Å². The van der Waals surface area contributed by atoms with Crippen LogP contribution >= 0.6 is 11.6 Å². The Balaban J connectivity index is 1.03. The van der Waals surface area contributed by atoms with E-state index >= 15 is 0 Å². The SMILES string of the molecule is Cc1ccc2c(C(=O)NC3CCC(CCN4C5CCC4c4ccccc45)CC3)ccc(Cl)c2n1. The van der Waals surface area contributed by atoms with Gasteiger partial charge in [0.15, 0.2) is 0 Å². The number of amides is 1. The van der Waals surface area contributed by atoms with Gasteiger partial charge in [0.1, 0.15) is 0 Å². The fourth-order valence-corrected chi connectivity index (χ4v) is 6.84. The largest absolute Gasteiger partial charge is 0.349 e. The van der Waals surface area contributed by atoms with Gasteiger partial charge in [0.05, 0.1) is 10.5 Å². The van der Waals surface area contributed by atoms with E-state index in [1.807, 2.05) is 25.1 Å². The van der Waals surface area contributed by atoms with Crippen molar-refractivity contribution in [2.24, 2.45) is 5.92 Å². The van der Waals surface area contributed by atoms with E-state index in [0.717, 1.165) is 29.8 Å². The highest BCUT2D eigenvalue weighted by molar-refractivity contribution is 6.35. The molecule has 2 aliphatic heterocycles. The molecule has 1 aliphatic carbocycles. The van der Waals surface area contributed by atoms with Gasteiger partial charge in [-0.3, -0.25) is 14.7 Å². The predicted octanol–water partition coefficient (Wildman–Crippen LogP) is 6.77. The Bertz CT molecular complexity index is 1200. The molecule has 3 aliphatic rings. The van der Waals surface area contributed by atoms with Crippen LogP contribution in [0.4, 0.5) is 0 Å². The molecule has 3 aromatic rings. The van der Waals surface area contributed by atoms with E-state index in [-0.39, 0.29) is 11.9 Å². The molecule has 5 heteroatoms. The Hall–Kier alpha value is -2.43. The van der Waals surface area contributed by atoms with Gasteiger partial charge in [-0.25, -0.2) is 0 Å². The highest BCUT2D eigenvalue weighted by Gasteiger charge is 2.43. The van der Waals surface area contributed by atoms with Gasteiger partial charge in [0, 0.05) is 34.8 Å². The Kier molecular flexibility index (Phi) is 5.82. The molecular formula is C29H32ClN3O. The van der Waals surface area contributed by atoms with Crippen LogP contribution < -0.4 is 5.32 Å². The van der Waals surface area contributed by atoms with Gasteiger partial charge in [0.25, 0.3) is 5.91 Å². The second-order valence-corrected chi connectivity index (χ2v) is 10.8. The molecule has 1 saturated carbocycles. The van der Waals surface area contributed by atoms with E-state index in [2.05, 4.69) is 39.5 Å². The lowest BCUT2D eigenvalue weighted by Crippen LogP contribution is -2.38. The molecule has 1 amide bonds. The monoisotopic (exact) mass is 473 g/mol. The van der Waals surface area contributed by atoms with Gasteiger partial charge in [-0.1, -0.05) is 41.9 Å². The molecule has 176 valence electrons. The normalized spacial score (nSPS) is 26.1. The predicted molar refractivity (Wildman–Crippen MR) is 137 cm³/mol. The summed E-state index contributed by atoms with van der Waals surface area (Å²) >= 11 is 6.34. The molecule has 6 rings (SSSR count). The highest BCUT2D eigenvalue weighted by Crippen LogP contribution is 2.53. The van der Waals surface area contributed by atoms with Crippen LogP contribution in [0.5, 0.6) is 0 Å². The maximum absolute atomic E-state index is 13.1. The number of halogens is 1. The van der Waals surface area contributed by atoms with Crippen LogP contribution in [0, 0.1) is 12.8 Å². The summed E-state index contributed by atoms with van der Waals surface area (Å²) in [7, 11) is 0. The molecule has 3 heterocycles. The van der Waals surface area contributed by atoms with Crippen LogP contribution in [0.25, 0.3) is 10.9 Å². The standard InChI is InChI=1S/C29H32ClN3O/c1-18-6-11-23-24(12-13-25(30)28(23)31-18)29(34)32-20-9-7-19(8-10-20)16-17-33-26-14-15-27(33)22-5-3-2-4-21(22)26/h2-6,11-13,19-20,26-27H,7-10,14-17H2,1H3,(H,32,34). The molecule has 0 radical (unpaired) electrons. The minimum Gasteiger partial charge on any atom is -0.349 e. The lowest BCUT2D eigenvalue weighted by molar-refractivity contribution is 0.0920. The van der Waals surface area contributed by atoms with Crippen molar-refractivity contribution in [3.63, 3.8) is 0 Å². The van der Waals surface area contributed by atoms with Crippen LogP contribution in [0.15, 0.2) is 48.5 Å². The first-order valence-electron chi connectivity index (χ1n) is 12.8. The topological polar surface area (TPSA) is 45.2 Å². The zero-order chi connectivity index (χ0) is 23.2.